The van der Waals surface area contributed by atoms with Crippen LogP contribution in [-0.4, -0.2) is 0 Å². The van der Waals surface area contributed by atoms with Gasteiger partial charge in [-0.05, 0) is 17.7 Å². The minimum atomic E-state index is -0.417. The molecule has 0 bridgehead atoms. The van der Waals surface area contributed by atoms with E-state index in [0.29, 0.717) is 6.42 Å². The fourth-order valence-corrected chi connectivity index (χ4v) is 0.885. The van der Waals surface area contributed by atoms with Crippen LogP contribution < -0.4 is 0 Å². The van der Waals surface area contributed by atoms with E-state index in [1.807, 2.05) is 0 Å². The van der Waals surface area contributed by atoms with Crippen molar-refractivity contribution >= 4 is 11.6 Å². The molecule has 0 saturated heterocycles. The van der Waals surface area contributed by atoms with E-state index >= 15 is 0 Å². The average molecular weight is 169 g/mol. The Morgan fingerprint density at radius 3 is 2.82 bits per heavy atom. The summed E-state index contributed by atoms with van der Waals surface area (Å²) in [7, 11) is 0. The summed E-state index contributed by atoms with van der Waals surface area (Å²) in [5, 5.41) is 0.130. The second kappa shape index (κ2) is 3.41. The maximum absolute atomic E-state index is 12.7. The lowest BCUT2D eigenvalue weighted by atomic mass is 10.1. The minimum absolute atomic E-state index is 0.130. The zero-order valence-corrected chi connectivity index (χ0v) is 6.53. The topological polar surface area (TPSA) is 0 Å². The number of rotatable bonds is 1. The number of benzene rings is 1. The van der Waals surface area contributed by atoms with Gasteiger partial charge in [-0.1, -0.05) is 17.7 Å². The first kappa shape index (κ1) is 8.10. The first-order valence-electron chi connectivity index (χ1n) is 3.11. The Balaban J connectivity index is 2.98. The molecule has 0 fully saturated rings. The molecule has 0 aliphatic carbocycles. The molecule has 0 radical (unpaired) electrons. The molecule has 0 aliphatic heterocycles. The fraction of sp³-hybridized carbons (Fsp3) is 0.111. The number of halogens is 2. The van der Waals surface area contributed by atoms with Crippen LogP contribution in [0.1, 0.15) is 5.56 Å². The normalized spacial score (nSPS) is 9.18. The molecule has 0 spiro atoms. The lowest BCUT2D eigenvalue weighted by Crippen LogP contribution is -1.83. The van der Waals surface area contributed by atoms with E-state index in [0.717, 1.165) is 5.56 Å². The fourth-order valence-electron chi connectivity index (χ4n) is 0.767. The highest BCUT2D eigenvalue weighted by molar-refractivity contribution is 6.30. The van der Waals surface area contributed by atoms with Crippen molar-refractivity contribution in [3.05, 3.63) is 34.6 Å². The van der Waals surface area contributed by atoms with E-state index in [-0.39, 0.29) is 5.02 Å². The van der Waals surface area contributed by atoms with Gasteiger partial charge in [0.05, 0.1) is 5.02 Å². The van der Waals surface area contributed by atoms with Gasteiger partial charge in [0.1, 0.15) is 5.82 Å². The maximum atomic E-state index is 12.7. The van der Waals surface area contributed by atoms with Crippen LogP contribution in [0.3, 0.4) is 0 Å². The summed E-state index contributed by atoms with van der Waals surface area (Å²) >= 11 is 5.45. The Hall–Kier alpha value is -1.00. The molecule has 1 aromatic carbocycles. The van der Waals surface area contributed by atoms with E-state index in [2.05, 4.69) is 5.92 Å². The van der Waals surface area contributed by atoms with E-state index in [1.165, 1.54) is 12.1 Å². The van der Waals surface area contributed by atoms with Crippen molar-refractivity contribution in [2.75, 3.05) is 0 Å². The van der Waals surface area contributed by atoms with Gasteiger partial charge in [0.15, 0.2) is 0 Å². The molecule has 11 heavy (non-hydrogen) atoms. The Bertz CT molecular complexity index is 299. The van der Waals surface area contributed by atoms with E-state index in [9.17, 15) is 4.39 Å². The Kier molecular flexibility index (Phi) is 2.51. The van der Waals surface area contributed by atoms with Crippen LogP contribution >= 0.6 is 11.6 Å². The van der Waals surface area contributed by atoms with E-state index in [1.54, 1.807) is 6.07 Å². The van der Waals surface area contributed by atoms with Gasteiger partial charge in [0.25, 0.3) is 0 Å². The molecule has 0 amide bonds. The highest BCUT2D eigenvalue weighted by Gasteiger charge is 1.98. The van der Waals surface area contributed by atoms with Crippen LogP contribution in [0.25, 0.3) is 0 Å². The summed E-state index contributed by atoms with van der Waals surface area (Å²) in [6, 6.07) is 4.57. The molecule has 0 aliphatic rings. The quantitative estimate of drug-likeness (QED) is 0.566. The van der Waals surface area contributed by atoms with E-state index < -0.39 is 5.82 Å². The van der Waals surface area contributed by atoms with Crippen molar-refractivity contribution in [1.82, 2.24) is 0 Å². The Labute approximate surface area is 70.0 Å². The molecular weight excluding hydrogens is 163 g/mol. The molecule has 0 nitrogen and oxygen atoms in total. The lowest BCUT2D eigenvalue weighted by Gasteiger charge is -1.96. The Morgan fingerprint density at radius 2 is 2.27 bits per heavy atom. The highest BCUT2D eigenvalue weighted by atomic mass is 35.5. The summed E-state index contributed by atoms with van der Waals surface area (Å²) in [6.07, 6.45) is 5.48. The monoisotopic (exact) mass is 168 g/mol. The summed E-state index contributed by atoms with van der Waals surface area (Å²) in [5.74, 6) is 2.00. The van der Waals surface area contributed by atoms with Crippen LogP contribution in [0.5, 0.6) is 0 Å². The third-order valence-electron chi connectivity index (χ3n) is 1.29. The van der Waals surface area contributed by atoms with Crippen molar-refractivity contribution in [2.24, 2.45) is 0 Å². The second-order valence-electron chi connectivity index (χ2n) is 2.13. The van der Waals surface area contributed by atoms with Gasteiger partial charge < -0.3 is 0 Å². The summed E-state index contributed by atoms with van der Waals surface area (Å²) in [6.45, 7) is 0. The smallest absolute Gasteiger partial charge is 0.142 e. The highest BCUT2D eigenvalue weighted by Crippen LogP contribution is 2.15. The molecule has 0 unspecified atom stereocenters. The van der Waals surface area contributed by atoms with Gasteiger partial charge in [0.2, 0.25) is 0 Å². The average Bonchev–Trinajstić information content (AvgIpc) is 1.98. The van der Waals surface area contributed by atoms with Crippen LogP contribution in [-0.2, 0) is 6.42 Å². The summed E-state index contributed by atoms with van der Waals surface area (Å²) in [5.41, 5.74) is 0.773. The van der Waals surface area contributed by atoms with Gasteiger partial charge >= 0.3 is 0 Å². The molecule has 2 heteroatoms. The number of hydrogen-bond acceptors (Lipinski definition) is 0. The first-order chi connectivity index (χ1) is 5.24. The van der Waals surface area contributed by atoms with Gasteiger partial charge in [0, 0.05) is 6.42 Å². The molecule has 56 valence electrons. The summed E-state index contributed by atoms with van der Waals surface area (Å²) in [4.78, 5) is 0. The van der Waals surface area contributed by atoms with Crippen LogP contribution in [0.15, 0.2) is 18.2 Å². The standard InChI is InChI=1S/C9H6ClF/c1-2-3-7-4-5-8(10)9(11)6-7/h1,4-6H,3H2. The maximum Gasteiger partial charge on any atom is 0.142 e. The zero-order valence-electron chi connectivity index (χ0n) is 5.77. The third kappa shape index (κ3) is 1.96. The van der Waals surface area contributed by atoms with Crippen molar-refractivity contribution in [3.63, 3.8) is 0 Å². The SMILES string of the molecule is C#CCc1ccc(Cl)c(F)c1. The second-order valence-corrected chi connectivity index (χ2v) is 2.54. The van der Waals surface area contributed by atoms with Crippen molar-refractivity contribution in [2.45, 2.75) is 6.42 Å². The third-order valence-corrected chi connectivity index (χ3v) is 1.60. The molecular formula is C9H6ClF. The van der Waals surface area contributed by atoms with Crippen LogP contribution in [0, 0.1) is 18.2 Å². The van der Waals surface area contributed by atoms with Crippen LogP contribution in [0.2, 0.25) is 5.02 Å². The predicted octanol–water partition coefficient (Wildman–Crippen LogP) is 2.65. The first-order valence-corrected chi connectivity index (χ1v) is 3.49. The zero-order chi connectivity index (χ0) is 8.27. The molecule has 0 atom stereocenters. The summed E-state index contributed by atoms with van der Waals surface area (Å²) < 4.78 is 12.7. The molecule has 0 heterocycles. The number of hydrogen-bond donors (Lipinski definition) is 0. The molecule has 0 saturated carbocycles. The lowest BCUT2D eigenvalue weighted by molar-refractivity contribution is 0.626. The van der Waals surface area contributed by atoms with Crippen molar-refractivity contribution in [1.29, 1.82) is 0 Å². The number of terminal acetylenes is 1. The Morgan fingerprint density at radius 1 is 1.55 bits per heavy atom. The molecule has 1 rings (SSSR count). The minimum Gasteiger partial charge on any atom is -0.205 e. The predicted molar refractivity (Wildman–Crippen MR) is 43.9 cm³/mol. The van der Waals surface area contributed by atoms with Crippen molar-refractivity contribution in [3.8, 4) is 12.3 Å². The van der Waals surface area contributed by atoms with Crippen LogP contribution in [0.4, 0.5) is 4.39 Å². The van der Waals surface area contributed by atoms with Crippen molar-refractivity contribution < 1.29 is 4.39 Å². The largest absolute Gasteiger partial charge is 0.205 e. The van der Waals surface area contributed by atoms with E-state index in [4.69, 9.17) is 18.0 Å². The van der Waals surface area contributed by atoms with Gasteiger partial charge in [-0.15, -0.1) is 12.3 Å². The molecule has 1 aromatic rings. The molecule has 0 N–H and O–H groups in total. The van der Waals surface area contributed by atoms with Gasteiger partial charge in [-0.25, -0.2) is 4.39 Å². The molecule has 0 aromatic heterocycles. The van der Waals surface area contributed by atoms with Gasteiger partial charge in [-0.2, -0.15) is 0 Å². The van der Waals surface area contributed by atoms with Gasteiger partial charge in [-0.3, -0.25) is 0 Å².